The Morgan fingerprint density at radius 1 is 1.30 bits per heavy atom. The highest BCUT2D eigenvalue weighted by Gasteiger charge is 2.18. The van der Waals surface area contributed by atoms with E-state index in [4.69, 9.17) is 10.2 Å². The summed E-state index contributed by atoms with van der Waals surface area (Å²) in [6, 6.07) is 9.46. The summed E-state index contributed by atoms with van der Waals surface area (Å²) in [7, 11) is 0. The summed E-state index contributed by atoms with van der Waals surface area (Å²) in [6.45, 7) is 5.62. The highest BCUT2D eigenvalue weighted by atomic mass is 16.3. The van der Waals surface area contributed by atoms with E-state index in [9.17, 15) is 4.79 Å². The summed E-state index contributed by atoms with van der Waals surface area (Å²) < 4.78 is 7.39. The largest absolute Gasteiger partial charge is 0.459 e. The molecule has 0 spiro atoms. The molecule has 0 unspecified atom stereocenters. The molecule has 3 aromatic heterocycles. The minimum atomic E-state index is -0.246. The first-order valence-corrected chi connectivity index (χ1v) is 8.68. The second kappa shape index (κ2) is 6.39. The number of fused-ring (bicyclic) bond motifs is 2. The summed E-state index contributed by atoms with van der Waals surface area (Å²) in [4.78, 5) is 21.1. The van der Waals surface area contributed by atoms with E-state index in [-0.39, 0.29) is 24.3 Å². The van der Waals surface area contributed by atoms with Gasteiger partial charge in [-0.25, -0.2) is 4.98 Å². The number of benzene rings is 1. The van der Waals surface area contributed by atoms with Crippen molar-refractivity contribution in [2.24, 2.45) is 0 Å². The van der Waals surface area contributed by atoms with E-state index in [0.29, 0.717) is 5.78 Å². The van der Waals surface area contributed by atoms with Gasteiger partial charge >= 0.3 is 0 Å². The lowest BCUT2D eigenvalue weighted by molar-refractivity contribution is -0.121. The summed E-state index contributed by atoms with van der Waals surface area (Å²) in [5.74, 6) is 1.19. The van der Waals surface area contributed by atoms with Crippen LogP contribution in [0.15, 0.2) is 34.7 Å². The Kier molecular flexibility index (Phi) is 4.02. The highest BCUT2D eigenvalue weighted by molar-refractivity contribution is 5.80. The molecule has 0 radical (unpaired) electrons. The quantitative estimate of drug-likeness (QED) is 0.575. The van der Waals surface area contributed by atoms with Gasteiger partial charge in [0.15, 0.2) is 0 Å². The van der Waals surface area contributed by atoms with Crippen LogP contribution in [0, 0.1) is 13.8 Å². The van der Waals surface area contributed by atoms with Crippen molar-refractivity contribution in [3.05, 3.63) is 53.0 Å². The fourth-order valence-electron chi connectivity index (χ4n) is 3.22. The number of furan rings is 1. The van der Waals surface area contributed by atoms with Gasteiger partial charge in [0, 0.05) is 22.3 Å². The second-order valence-electron chi connectivity index (χ2n) is 6.60. The van der Waals surface area contributed by atoms with Crippen LogP contribution in [0.1, 0.15) is 35.7 Å². The van der Waals surface area contributed by atoms with Crippen molar-refractivity contribution in [1.29, 1.82) is 0 Å². The zero-order chi connectivity index (χ0) is 19.1. The number of nitrogens with two attached hydrogens (primary N) is 1. The summed E-state index contributed by atoms with van der Waals surface area (Å²) in [6.07, 6.45) is 0.185. The molecule has 1 aromatic carbocycles. The summed E-state index contributed by atoms with van der Waals surface area (Å²) in [5.41, 5.74) is 8.80. The third-order valence-corrected chi connectivity index (χ3v) is 4.65. The number of aromatic nitrogens is 4. The lowest BCUT2D eigenvalue weighted by Gasteiger charge is -2.14. The van der Waals surface area contributed by atoms with Crippen molar-refractivity contribution in [1.82, 2.24) is 24.9 Å². The number of hydrogen-bond acceptors (Lipinski definition) is 6. The number of nitrogens with zero attached hydrogens (tertiary/aromatic N) is 4. The first-order valence-electron chi connectivity index (χ1n) is 8.68. The number of rotatable bonds is 4. The molecule has 1 amide bonds. The predicted octanol–water partition coefficient (Wildman–Crippen LogP) is 2.49. The Morgan fingerprint density at radius 2 is 2.07 bits per heavy atom. The molecular weight excluding hydrogens is 344 g/mol. The van der Waals surface area contributed by atoms with Crippen molar-refractivity contribution in [3.63, 3.8) is 0 Å². The molecule has 0 aliphatic rings. The topological polar surface area (TPSA) is 111 Å². The van der Waals surface area contributed by atoms with Crippen molar-refractivity contribution in [3.8, 4) is 0 Å². The number of amides is 1. The molecule has 4 aromatic rings. The first-order chi connectivity index (χ1) is 12.9. The van der Waals surface area contributed by atoms with Gasteiger partial charge in [0.25, 0.3) is 5.78 Å². The van der Waals surface area contributed by atoms with Gasteiger partial charge < -0.3 is 15.5 Å². The van der Waals surface area contributed by atoms with Crippen LogP contribution in [-0.4, -0.2) is 25.5 Å². The van der Waals surface area contributed by atoms with Gasteiger partial charge in [-0.15, -0.1) is 5.10 Å². The van der Waals surface area contributed by atoms with Gasteiger partial charge in [-0.1, -0.05) is 18.2 Å². The third-order valence-electron chi connectivity index (χ3n) is 4.65. The lowest BCUT2D eigenvalue weighted by atomic mass is 10.1. The van der Waals surface area contributed by atoms with Gasteiger partial charge in [0.1, 0.15) is 11.3 Å². The molecule has 8 heteroatoms. The van der Waals surface area contributed by atoms with Gasteiger partial charge in [-0.2, -0.15) is 9.50 Å². The maximum Gasteiger partial charge on any atom is 0.254 e. The highest BCUT2D eigenvalue weighted by Crippen LogP contribution is 2.24. The Labute approximate surface area is 155 Å². The lowest BCUT2D eigenvalue weighted by Crippen LogP contribution is -2.28. The molecule has 0 saturated heterocycles. The minimum absolute atomic E-state index is 0.122. The molecule has 0 aliphatic carbocycles. The molecule has 138 valence electrons. The molecule has 3 N–H and O–H groups in total. The third kappa shape index (κ3) is 3.10. The number of carbonyl (C=O) groups is 1. The normalized spacial score (nSPS) is 12.6. The molecule has 0 saturated carbocycles. The van der Waals surface area contributed by atoms with Gasteiger partial charge in [-0.3, -0.25) is 4.79 Å². The SMILES string of the molecule is Cc1nc2nc(N)nn2c(C)c1CC(=O)N[C@H](C)c1cc2ccccc2o1. The second-order valence-corrected chi connectivity index (χ2v) is 6.60. The van der Waals surface area contributed by atoms with Crippen LogP contribution in [0.4, 0.5) is 5.95 Å². The number of nitrogen functional groups attached to an aromatic ring is 1. The molecule has 8 nitrogen and oxygen atoms in total. The smallest absolute Gasteiger partial charge is 0.254 e. The van der Waals surface area contributed by atoms with E-state index in [2.05, 4.69) is 20.4 Å². The standard InChI is InChI=1S/C19H20N6O2/c1-10-14(12(3)25-19(22-10)23-18(20)24-25)9-17(26)21-11(2)16-8-13-6-4-5-7-15(13)27-16/h4-8,11H,9H2,1-3H3,(H2,20,24)(H,21,26)/t11-/m1/s1. The number of nitrogens with one attached hydrogen (secondary N) is 1. The van der Waals surface area contributed by atoms with Crippen LogP contribution in [0.5, 0.6) is 0 Å². The van der Waals surface area contributed by atoms with E-state index in [1.807, 2.05) is 51.1 Å². The maximum atomic E-state index is 12.6. The van der Waals surface area contributed by atoms with Crippen molar-refractivity contribution >= 4 is 28.6 Å². The zero-order valence-corrected chi connectivity index (χ0v) is 15.4. The van der Waals surface area contributed by atoms with Crippen LogP contribution in [-0.2, 0) is 11.2 Å². The molecular formula is C19H20N6O2. The van der Waals surface area contributed by atoms with E-state index in [1.54, 1.807) is 4.52 Å². The Morgan fingerprint density at radius 3 is 2.85 bits per heavy atom. The first kappa shape index (κ1) is 17.0. The minimum Gasteiger partial charge on any atom is -0.459 e. The Balaban J connectivity index is 1.54. The number of para-hydroxylation sites is 1. The van der Waals surface area contributed by atoms with Crippen molar-refractivity contribution < 1.29 is 9.21 Å². The fraction of sp³-hybridized carbons (Fsp3) is 0.263. The van der Waals surface area contributed by atoms with Crippen LogP contribution in [0.3, 0.4) is 0 Å². The van der Waals surface area contributed by atoms with E-state index in [0.717, 1.165) is 33.7 Å². The molecule has 0 fully saturated rings. The van der Waals surface area contributed by atoms with Crippen LogP contribution >= 0.6 is 0 Å². The van der Waals surface area contributed by atoms with Crippen LogP contribution in [0.2, 0.25) is 0 Å². The monoisotopic (exact) mass is 364 g/mol. The van der Waals surface area contributed by atoms with E-state index in [1.165, 1.54) is 0 Å². The van der Waals surface area contributed by atoms with E-state index >= 15 is 0 Å². The van der Waals surface area contributed by atoms with Gasteiger partial charge in [0.05, 0.1) is 12.5 Å². The average Bonchev–Trinajstić information content (AvgIpc) is 3.21. The summed E-state index contributed by atoms with van der Waals surface area (Å²) in [5, 5.41) is 8.12. The molecule has 3 heterocycles. The van der Waals surface area contributed by atoms with Gasteiger partial charge in [0.2, 0.25) is 11.9 Å². The predicted molar refractivity (Wildman–Crippen MR) is 101 cm³/mol. The summed E-state index contributed by atoms with van der Waals surface area (Å²) >= 11 is 0. The zero-order valence-electron chi connectivity index (χ0n) is 15.4. The average molecular weight is 364 g/mol. The van der Waals surface area contributed by atoms with E-state index < -0.39 is 0 Å². The number of anilines is 1. The Hall–Kier alpha value is -3.42. The van der Waals surface area contributed by atoms with Crippen molar-refractivity contribution in [2.45, 2.75) is 33.2 Å². The van der Waals surface area contributed by atoms with Crippen molar-refractivity contribution in [2.75, 3.05) is 5.73 Å². The number of aryl methyl sites for hydroxylation is 2. The Bertz CT molecular complexity index is 1130. The molecule has 27 heavy (non-hydrogen) atoms. The molecule has 1 atom stereocenters. The van der Waals surface area contributed by atoms with Crippen LogP contribution in [0.25, 0.3) is 16.7 Å². The molecule has 0 bridgehead atoms. The molecule has 0 aliphatic heterocycles. The number of carbonyl (C=O) groups excluding carboxylic acids is 1. The fourth-order valence-corrected chi connectivity index (χ4v) is 3.22. The van der Waals surface area contributed by atoms with Crippen LogP contribution < -0.4 is 11.1 Å². The molecule has 4 rings (SSSR count). The van der Waals surface area contributed by atoms with Gasteiger partial charge in [-0.05, 0) is 32.9 Å². The number of hydrogen-bond donors (Lipinski definition) is 2. The maximum absolute atomic E-state index is 12.6.